The molecule has 7 nitrogen and oxygen atoms in total. The van der Waals surface area contributed by atoms with Gasteiger partial charge in [-0.2, -0.15) is 9.61 Å². The van der Waals surface area contributed by atoms with Gasteiger partial charge in [-0.3, -0.25) is 4.79 Å². The number of carbonyl (C=O) groups is 2. The largest absolute Gasteiger partial charge is 0.353 e. The summed E-state index contributed by atoms with van der Waals surface area (Å²) < 4.78 is 30.5. The van der Waals surface area contributed by atoms with Gasteiger partial charge >= 0.3 is 0 Å². The Balaban J connectivity index is 1.59. The maximum absolute atomic E-state index is 14.4. The molecule has 39 heavy (non-hydrogen) atoms. The minimum absolute atomic E-state index is 0.105. The van der Waals surface area contributed by atoms with Gasteiger partial charge < -0.3 is 14.6 Å². The molecule has 1 aliphatic carbocycles. The van der Waals surface area contributed by atoms with Gasteiger partial charge in [0.05, 0.1) is 5.69 Å². The molecule has 2 fully saturated rings. The number of rotatable bonds is 9. The molecular formula is C29H34ClF2N5O2. The van der Waals surface area contributed by atoms with Gasteiger partial charge in [-0.15, -0.1) is 0 Å². The number of carbonyl (C=O) groups excluding carboxylic acids is 2. The first-order valence-corrected chi connectivity index (χ1v) is 13.9. The van der Waals surface area contributed by atoms with Crippen LogP contribution in [0.25, 0.3) is 16.9 Å². The molecular weight excluding hydrogens is 524 g/mol. The molecule has 208 valence electrons. The van der Waals surface area contributed by atoms with Gasteiger partial charge in [0.1, 0.15) is 28.8 Å². The molecule has 3 aromatic rings. The monoisotopic (exact) mass is 557 g/mol. The third-order valence-corrected chi connectivity index (χ3v) is 8.61. The highest BCUT2D eigenvalue weighted by Crippen LogP contribution is 2.53. The Morgan fingerprint density at radius 1 is 1.10 bits per heavy atom. The van der Waals surface area contributed by atoms with Crippen LogP contribution in [0.2, 0.25) is 5.02 Å². The molecule has 0 radical (unpaired) electrons. The summed E-state index contributed by atoms with van der Waals surface area (Å²) in [5, 5.41) is 4.14. The second kappa shape index (κ2) is 10.5. The number of anilines is 1. The van der Waals surface area contributed by atoms with Crippen molar-refractivity contribution in [3.05, 3.63) is 46.6 Å². The van der Waals surface area contributed by atoms with Crippen molar-refractivity contribution in [3.8, 4) is 11.3 Å². The summed E-state index contributed by atoms with van der Waals surface area (Å²) >= 11 is 5.74. The Kier molecular flexibility index (Phi) is 7.39. The van der Waals surface area contributed by atoms with Crippen molar-refractivity contribution in [2.45, 2.75) is 47.1 Å². The van der Waals surface area contributed by atoms with E-state index in [0.29, 0.717) is 72.8 Å². The number of hydrogen-bond donors (Lipinski definition) is 0. The third kappa shape index (κ3) is 5.13. The highest BCUT2D eigenvalue weighted by Gasteiger charge is 2.56. The number of halogens is 3. The van der Waals surface area contributed by atoms with E-state index in [1.165, 1.54) is 12.1 Å². The van der Waals surface area contributed by atoms with Crippen LogP contribution >= 0.6 is 11.6 Å². The molecule has 0 bridgehead atoms. The fourth-order valence-corrected chi connectivity index (χ4v) is 5.89. The summed E-state index contributed by atoms with van der Waals surface area (Å²) in [4.78, 5) is 33.0. The van der Waals surface area contributed by atoms with Crippen LogP contribution in [0, 0.1) is 41.2 Å². The van der Waals surface area contributed by atoms with Crippen LogP contribution in [-0.4, -0.2) is 57.4 Å². The van der Waals surface area contributed by atoms with E-state index in [-0.39, 0.29) is 23.2 Å². The first-order chi connectivity index (χ1) is 18.5. The number of aromatic nitrogens is 3. The Labute approximate surface area is 232 Å². The zero-order valence-corrected chi connectivity index (χ0v) is 23.6. The Hall–Kier alpha value is -3.07. The molecule has 5 rings (SSSR count). The minimum Gasteiger partial charge on any atom is -0.353 e. The van der Waals surface area contributed by atoms with Crippen molar-refractivity contribution in [2.24, 2.45) is 29.6 Å². The minimum atomic E-state index is -0.866. The number of likely N-dealkylation sites (tertiary alicyclic amines) is 1. The number of benzene rings is 1. The number of amides is 1. The number of nitrogens with zero attached hydrogens (tertiary/aromatic N) is 5. The maximum atomic E-state index is 14.4. The van der Waals surface area contributed by atoms with E-state index in [4.69, 9.17) is 16.7 Å². The van der Waals surface area contributed by atoms with E-state index in [9.17, 15) is 18.4 Å². The van der Waals surface area contributed by atoms with Gasteiger partial charge in [-0.25, -0.2) is 13.8 Å². The van der Waals surface area contributed by atoms with E-state index in [2.05, 4.69) is 44.5 Å². The topological polar surface area (TPSA) is 70.8 Å². The number of hydrogen-bond acceptors (Lipinski definition) is 5. The van der Waals surface area contributed by atoms with Crippen molar-refractivity contribution in [1.82, 2.24) is 19.5 Å². The van der Waals surface area contributed by atoms with E-state index >= 15 is 0 Å². The van der Waals surface area contributed by atoms with Crippen molar-refractivity contribution in [3.63, 3.8) is 0 Å². The lowest BCUT2D eigenvalue weighted by Crippen LogP contribution is -2.40. The average Bonchev–Trinajstić information content (AvgIpc) is 3.23. The molecule has 1 aromatic carbocycles. The molecule has 1 saturated carbocycles. The van der Waals surface area contributed by atoms with Crippen LogP contribution in [0.4, 0.5) is 14.6 Å². The van der Waals surface area contributed by atoms with Crippen LogP contribution in [0.5, 0.6) is 0 Å². The predicted molar refractivity (Wildman–Crippen MR) is 147 cm³/mol. The normalized spacial score (nSPS) is 21.1. The third-order valence-electron chi connectivity index (χ3n) is 8.25. The lowest BCUT2D eigenvalue weighted by molar-refractivity contribution is -0.108. The molecule has 0 N–H and O–H groups in total. The molecule has 2 aliphatic rings. The first kappa shape index (κ1) is 27.5. The van der Waals surface area contributed by atoms with Crippen LogP contribution in [0.15, 0.2) is 24.3 Å². The van der Waals surface area contributed by atoms with Crippen molar-refractivity contribution < 1.29 is 18.4 Å². The molecule has 1 amide bonds. The molecule has 1 saturated heterocycles. The van der Waals surface area contributed by atoms with Gasteiger partial charge in [-0.05, 0) is 48.6 Å². The summed E-state index contributed by atoms with van der Waals surface area (Å²) in [5.41, 5.74) is 1.28. The number of aldehydes is 1. The van der Waals surface area contributed by atoms with E-state index < -0.39 is 16.7 Å². The molecule has 4 atom stereocenters. The fraction of sp³-hybridized carbons (Fsp3) is 0.517. The summed E-state index contributed by atoms with van der Waals surface area (Å²) in [6, 6.07) is 5.85. The molecule has 1 unspecified atom stereocenters. The number of piperidine rings is 1. The first-order valence-electron chi connectivity index (χ1n) is 13.5. The summed E-state index contributed by atoms with van der Waals surface area (Å²) in [5.74, 6) is 0.522. The standard InChI is InChI=1S/C29H34ClF2N5O2/c1-15(2)12-36(17(5)16(3)4)27-11-24(18-8-22(31)28(30)23(32)9-18)33-26-10-25(34-37(26)27)29(39)35-13-20-19(6-7-38)21(20)14-35/h7-11,15-17,19-21H,6,12-14H2,1-5H3/t17-,19?,20-,21+/m1/s1. The smallest absolute Gasteiger partial charge is 0.274 e. The maximum Gasteiger partial charge on any atom is 0.274 e. The van der Waals surface area contributed by atoms with Crippen LogP contribution in [0.3, 0.4) is 0 Å². The van der Waals surface area contributed by atoms with E-state index in [1.54, 1.807) is 21.5 Å². The van der Waals surface area contributed by atoms with Gasteiger partial charge in [0.15, 0.2) is 11.3 Å². The van der Waals surface area contributed by atoms with Gasteiger partial charge in [-0.1, -0.05) is 39.3 Å². The molecule has 10 heteroatoms. The zero-order valence-electron chi connectivity index (χ0n) is 22.9. The van der Waals surface area contributed by atoms with Gasteiger partial charge in [0, 0.05) is 49.8 Å². The van der Waals surface area contributed by atoms with Crippen LogP contribution < -0.4 is 4.90 Å². The van der Waals surface area contributed by atoms with E-state index in [0.717, 1.165) is 6.29 Å². The van der Waals surface area contributed by atoms with Gasteiger partial charge in [0.25, 0.3) is 5.91 Å². The van der Waals surface area contributed by atoms with Crippen molar-refractivity contribution >= 4 is 35.3 Å². The van der Waals surface area contributed by atoms with Gasteiger partial charge in [0.2, 0.25) is 0 Å². The molecule has 3 heterocycles. The molecule has 0 spiro atoms. The van der Waals surface area contributed by atoms with Crippen LogP contribution in [0.1, 0.15) is 51.5 Å². The summed E-state index contributed by atoms with van der Waals surface area (Å²) in [7, 11) is 0. The SMILES string of the molecule is CC(C)CN(c1cc(-c2cc(F)c(Cl)c(F)c2)nc2cc(C(=O)N3C[C@@H]4C(CC=O)[C@@H]4C3)nn12)[C@H](C)C(C)C. The Morgan fingerprint density at radius 3 is 2.31 bits per heavy atom. The number of fused-ring (bicyclic) bond motifs is 2. The second-order valence-corrected chi connectivity index (χ2v) is 12.1. The van der Waals surface area contributed by atoms with E-state index in [1.807, 2.05) is 0 Å². The molecule has 1 aliphatic heterocycles. The highest BCUT2D eigenvalue weighted by atomic mass is 35.5. The van der Waals surface area contributed by atoms with Crippen molar-refractivity contribution in [1.29, 1.82) is 0 Å². The zero-order chi connectivity index (χ0) is 28.2. The summed E-state index contributed by atoms with van der Waals surface area (Å²) in [6.07, 6.45) is 1.51. The fourth-order valence-electron chi connectivity index (χ4n) is 5.78. The highest BCUT2D eigenvalue weighted by molar-refractivity contribution is 6.31. The van der Waals surface area contributed by atoms with Crippen molar-refractivity contribution in [2.75, 3.05) is 24.5 Å². The quantitative estimate of drug-likeness (QED) is 0.248. The Morgan fingerprint density at radius 2 is 1.74 bits per heavy atom. The summed E-state index contributed by atoms with van der Waals surface area (Å²) in [6.45, 7) is 12.6. The lowest BCUT2D eigenvalue weighted by Gasteiger charge is -2.35. The average molecular weight is 558 g/mol. The lowest BCUT2D eigenvalue weighted by atomic mass is 10.0. The Bertz CT molecular complexity index is 1390. The second-order valence-electron chi connectivity index (χ2n) is 11.7. The van der Waals surface area contributed by atoms with Crippen LogP contribution in [-0.2, 0) is 4.79 Å². The predicted octanol–water partition coefficient (Wildman–Crippen LogP) is 5.74. The molecule has 2 aromatic heterocycles.